The maximum absolute atomic E-state index is 5.98. The molecule has 3 heterocycles. The van der Waals surface area contributed by atoms with Crippen LogP contribution >= 0.6 is 31.9 Å². The summed E-state index contributed by atoms with van der Waals surface area (Å²) >= 11 is 7.09. The Morgan fingerprint density at radius 1 is 1.25 bits per heavy atom. The minimum atomic E-state index is 0.321. The van der Waals surface area contributed by atoms with Crippen LogP contribution in [0.4, 0.5) is 5.82 Å². The van der Waals surface area contributed by atoms with E-state index in [4.69, 9.17) is 9.72 Å². The lowest BCUT2D eigenvalue weighted by Crippen LogP contribution is -2.35. The molecule has 0 aliphatic carbocycles. The lowest BCUT2D eigenvalue weighted by atomic mass is 10.2. The summed E-state index contributed by atoms with van der Waals surface area (Å²) in [5, 5.41) is 7.01. The van der Waals surface area contributed by atoms with Gasteiger partial charge in [-0.1, -0.05) is 15.9 Å². The Morgan fingerprint density at radius 3 is 2.92 bits per heavy atom. The third kappa shape index (κ3) is 3.15. The molecule has 4 rings (SSSR count). The Morgan fingerprint density at radius 2 is 2.08 bits per heavy atom. The highest BCUT2D eigenvalue weighted by Gasteiger charge is 2.28. The largest absolute Gasteiger partial charge is 0.491 e. The summed E-state index contributed by atoms with van der Waals surface area (Å²) in [6.07, 6.45) is 4.01. The van der Waals surface area contributed by atoms with Gasteiger partial charge in [0.25, 0.3) is 0 Å². The second-order valence-electron chi connectivity index (χ2n) is 5.85. The SMILES string of the molecule is Brc1ccc(OC[C@@H]2CCCN2c2nc3cn[nH]c3cc2Br)cc1. The number of pyridine rings is 1. The predicted octanol–water partition coefficient (Wildman–Crippen LogP) is 4.53. The zero-order valence-corrected chi connectivity index (χ0v) is 16.0. The summed E-state index contributed by atoms with van der Waals surface area (Å²) < 4.78 is 8.02. The van der Waals surface area contributed by atoms with Gasteiger partial charge in [-0.25, -0.2) is 4.98 Å². The first-order chi connectivity index (χ1) is 11.7. The predicted molar refractivity (Wildman–Crippen MR) is 102 cm³/mol. The number of nitrogens with one attached hydrogen (secondary N) is 1. The molecule has 5 nitrogen and oxygen atoms in total. The summed E-state index contributed by atoms with van der Waals surface area (Å²) in [5.41, 5.74) is 1.82. The molecule has 1 aliphatic rings. The number of hydrogen-bond donors (Lipinski definition) is 1. The minimum absolute atomic E-state index is 0.321. The van der Waals surface area contributed by atoms with Gasteiger partial charge in [0.15, 0.2) is 0 Å². The zero-order chi connectivity index (χ0) is 16.5. The number of benzene rings is 1. The van der Waals surface area contributed by atoms with Crippen molar-refractivity contribution in [2.75, 3.05) is 18.1 Å². The average molecular weight is 452 g/mol. The standard InChI is InChI=1S/C17H16Br2N4O/c18-11-3-5-13(6-4-11)24-10-12-2-1-7-23(12)17-14(19)8-15-16(21-17)9-20-22-15/h3-6,8-9,12H,1-2,7,10H2,(H,20,22)/t12-/m0/s1. The topological polar surface area (TPSA) is 54.0 Å². The van der Waals surface area contributed by atoms with Crippen molar-refractivity contribution in [3.8, 4) is 5.75 Å². The van der Waals surface area contributed by atoms with E-state index in [1.165, 1.54) is 0 Å². The van der Waals surface area contributed by atoms with Crippen LogP contribution in [-0.2, 0) is 0 Å². The van der Waals surface area contributed by atoms with Crippen LogP contribution in [0.25, 0.3) is 11.0 Å². The Labute approximate surface area is 156 Å². The molecule has 124 valence electrons. The average Bonchev–Trinajstić information content (AvgIpc) is 3.22. The van der Waals surface area contributed by atoms with Crippen LogP contribution in [0.3, 0.4) is 0 Å². The van der Waals surface area contributed by atoms with Crippen molar-refractivity contribution in [3.63, 3.8) is 0 Å². The molecular formula is C17H16Br2N4O. The van der Waals surface area contributed by atoms with Crippen molar-refractivity contribution >= 4 is 48.7 Å². The molecule has 1 N–H and O–H groups in total. The van der Waals surface area contributed by atoms with Crippen molar-refractivity contribution in [2.45, 2.75) is 18.9 Å². The maximum atomic E-state index is 5.98. The molecule has 0 spiro atoms. The smallest absolute Gasteiger partial charge is 0.144 e. The fourth-order valence-corrected chi connectivity index (χ4v) is 3.87. The first-order valence-electron chi connectivity index (χ1n) is 7.85. The lowest BCUT2D eigenvalue weighted by molar-refractivity contribution is 0.288. The number of fused-ring (bicyclic) bond motifs is 1. The third-order valence-corrected chi connectivity index (χ3v) is 5.38. The third-order valence-electron chi connectivity index (χ3n) is 4.26. The molecule has 0 amide bonds. The van der Waals surface area contributed by atoms with Crippen molar-refractivity contribution in [1.29, 1.82) is 0 Å². The lowest BCUT2D eigenvalue weighted by Gasteiger charge is -2.26. The highest BCUT2D eigenvalue weighted by Crippen LogP contribution is 2.32. The number of H-pyrrole nitrogens is 1. The highest BCUT2D eigenvalue weighted by molar-refractivity contribution is 9.10. The fourth-order valence-electron chi connectivity index (χ4n) is 3.06. The van der Waals surface area contributed by atoms with Gasteiger partial charge in [-0.2, -0.15) is 5.10 Å². The highest BCUT2D eigenvalue weighted by atomic mass is 79.9. The van der Waals surface area contributed by atoms with Gasteiger partial charge in [0.1, 0.15) is 23.7 Å². The monoisotopic (exact) mass is 450 g/mol. The molecule has 1 aliphatic heterocycles. The van der Waals surface area contributed by atoms with Crippen LogP contribution < -0.4 is 9.64 Å². The van der Waals surface area contributed by atoms with Crippen LogP contribution in [0.1, 0.15) is 12.8 Å². The number of aromatic amines is 1. The van der Waals surface area contributed by atoms with Gasteiger partial charge < -0.3 is 9.64 Å². The van der Waals surface area contributed by atoms with E-state index in [-0.39, 0.29) is 0 Å². The van der Waals surface area contributed by atoms with E-state index < -0.39 is 0 Å². The molecule has 0 saturated carbocycles. The summed E-state index contributed by atoms with van der Waals surface area (Å²) in [6, 6.07) is 10.3. The van der Waals surface area contributed by atoms with Gasteiger partial charge >= 0.3 is 0 Å². The van der Waals surface area contributed by atoms with Crippen LogP contribution in [0.2, 0.25) is 0 Å². The molecule has 7 heteroatoms. The number of ether oxygens (including phenoxy) is 1. The molecule has 2 aromatic heterocycles. The van der Waals surface area contributed by atoms with Gasteiger partial charge in [0.2, 0.25) is 0 Å². The molecule has 0 unspecified atom stereocenters. The van der Waals surface area contributed by atoms with E-state index in [2.05, 4.69) is 47.0 Å². The van der Waals surface area contributed by atoms with Gasteiger partial charge in [0, 0.05) is 11.0 Å². The van der Waals surface area contributed by atoms with Gasteiger partial charge in [0.05, 0.1) is 22.2 Å². The summed E-state index contributed by atoms with van der Waals surface area (Å²) in [6.45, 7) is 1.64. The minimum Gasteiger partial charge on any atom is -0.491 e. The number of hydrogen-bond acceptors (Lipinski definition) is 4. The summed E-state index contributed by atoms with van der Waals surface area (Å²) in [4.78, 5) is 7.09. The zero-order valence-electron chi connectivity index (χ0n) is 12.9. The van der Waals surface area contributed by atoms with Gasteiger partial charge in [-0.15, -0.1) is 0 Å². The summed E-state index contributed by atoms with van der Waals surface area (Å²) in [7, 11) is 0. The Hall–Kier alpha value is -1.60. The number of anilines is 1. The molecule has 24 heavy (non-hydrogen) atoms. The Kier molecular flexibility index (Phi) is 4.45. The number of halogens is 2. The van der Waals surface area contributed by atoms with Crippen LogP contribution in [0, 0.1) is 0 Å². The Bertz CT molecular complexity index is 849. The van der Waals surface area contributed by atoms with Crippen LogP contribution in [0.5, 0.6) is 5.75 Å². The molecule has 1 fully saturated rings. The van der Waals surface area contributed by atoms with Crippen LogP contribution in [0.15, 0.2) is 45.5 Å². The number of rotatable bonds is 4. The molecule has 0 radical (unpaired) electrons. The van der Waals surface area contributed by atoms with Crippen molar-refractivity contribution in [2.24, 2.45) is 0 Å². The molecule has 3 aromatic rings. The van der Waals surface area contributed by atoms with E-state index in [0.717, 1.165) is 50.9 Å². The molecule has 1 saturated heterocycles. The van der Waals surface area contributed by atoms with E-state index >= 15 is 0 Å². The summed E-state index contributed by atoms with van der Waals surface area (Å²) in [5.74, 6) is 1.85. The molecule has 0 bridgehead atoms. The van der Waals surface area contributed by atoms with Crippen molar-refractivity contribution < 1.29 is 4.74 Å². The van der Waals surface area contributed by atoms with Crippen molar-refractivity contribution in [1.82, 2.24) is 15.2 Å². The normalized spacial score (nSPS) is 17.6. The fraction of sp³-hybridized carbons (Fsp3) is 0.294. The van der Waals surface area contributed by atoms with Crippen LogP contribution in [-0.4, -0.2) is 34.4 Å². The van der Waals surface area contributed by atoms with E-state index in [1.807, 2.05) is 30.3 Å². The quantitative estimate of drug-likeness (QED) is 0.633. The van der Waals surface area contributed by atoms with E-state index in [9.17, 15) is 0 Å². The first kappa shape index (κ1) is 15.9. The number of nitrogens with zero attached hydrogens (tertiary/aromatic N) is 3. The Balaban J connectivity index is 1.53. The van der Waals surface area contributed by atoms with Crippen molar-refractivity contribution in [3.05, 3.63) is 45.5 Å². The first-order valence-corrected chi connectivity index (χ1v) is 9.44. The van der Waals surface area contributed by atoms with E-state index in [0.29, 0.717) is 12.6 Å². The molecule has 1 aromatic carbocycles. The maximum Gasteiger partial charge on any atom is 0.144 e. The van der Waals surface area contributed by atoms with Gasteiger partial charge in [-0.05, 0) is 59.1 Å². The second kappa shape index (κ2) is 6.72. The molecular weight excluding hydrogens is 436 g/mol. The molecule has 1 atom stereocenters. The second-order valence-corrected chi connectivity index (χ2v) is 7.62. The van der Waals surface area contributed by atoms with E-state index in [1.54, 1.807) is 6.20 Å². The number of aromatic nitrogens is 3. The van der Waals surface area contributed by atoms with Gasteiger partial charge in [-0.3, -0.25) is 5.10 Å².